The van der Waals surface area contributed by atoms with Gasteiger partial charge in [-0.05, 0) is 25.1 Å². The molecule has 0 spiro atoms. The molecule has 0 amide bonds. The Bertz CT molecular complexity index is 360. The average molecular weight is 210 g/mol. The highest BCUT2D eigenvalue weighted by Crippen LogP contribution is 2.30. The van der Waals surface area contributed by atoms with Crippen molar-refractivity contribution in [2.45, 2.75) is 12.8 Å². The van der Waals surface area contributed by atoms with Crippen molar-refractivity contribution >= 4 is 5.97 Å². The third kappa shape index (κ3) is 2.40. The number of carbonyl (C=O) groups is 1. The first-order valence-electron chi connectivity index (χ1n) is 4.55. The van der Waals surface area contributed by atoms with Crippen LogP contribution in [-0.4, -0.2) is 25.3 Å². The smallest absolute Gasteiger partial charge is 0.310 e. The quantitative estimate of drug-likeness (QED) is 0.824. The molecular weight excluding hydrogens is 196 g/mol. The molecule has 1 unspecified atom stereocenters. The van der Waals surface area contributed by atoms with Crippen LogP contribution < -0.4 is 9.47 Å². The Balaban J connectivity index is 3.16. The van der Waals surface area contributed by atoms with E-state index in [-0.39, 0.29) is 0 Å². The molecule has 4 nitrogen and oxygen atoms in total. The van der Waals surface area contributed by atoms with Crippen LogP contribution in [0.1, 0.15) is 18.4 Å². The van der Waals surface area contributed by atoms with Crippen LogP contribution in [0.3, 0.4) is 0 Å². The molecule has 1 rings (SSSR count). The summed E-state index contributed by atoms with van der Waals surface area (Å²) in [6, 6.07) is 5.11. The van der Waals surface area contributed by atoms with Gasteiger partial charge in [0.2, 0.25) is 0 Å². The highest BCUT2D eigenvalue weighted by Gasteiger charge is 2.18. The Kier molecular flexibility index (Phi) is 3.55. The minimum absolute atomic E-state index is 0.561. The Labute approximate surface area is 88.4 Å². The summed E-state index contributed by atoms with van der Waals surface area (Å²) in [6.07, 6.45) is 0. The lowest BCUT2D eigenvalue weighted by Gasteiger charge is -2.13. The second-order valence-electron chi connectivity index (χ2n) is 3.17. The molecule has 82 valence electrons. The van der Waals surface area contributed by atoms with Crippen molar-refractivity contribution in [1.29, 1.82) is 0 Å². The molecule has 0 heterocycles. The zero-order chi connectivity index (χ0) is 11.4. The number of aliphatic carboxylic acids is 1. The molecule has 0 aromatic heterocycles. The third-order valence-electron chi connectivity index (χ3n) is 2.27. The zero-order valence-corrected chi connectivity index (χ0v) is 8.98. The maximum atomic E-state index is 10.9. The van der Waals surface area contributed by atoms with Crippen LogP contribution >= 0.6 is 0 Å². The fraction of sp³-hybridized carbons (Fsp3) is 0.364. The first-order chi connectivity index (χ1) is 7.10. The molecule has 0 radical (unpaired) electrons. The molecule has 0 saturated carbocycles. The Morgan fingerprint density at radius 2 is 2.00 bits per heavy atom. The van der Waals surface area contributed by atoms with Crippen LogP contribution in [0, 0.1) is 0 Å². The van der Waals surface area contributed by atoms with E-state index in [0.29, 0.717) is 17.1 Å². The fourth-order valence-electron chi connectivity index (χ4n) is 1.31. The monoisotopic (exact) mass is 210 g/mol. The van der Waals surface area contributed by atoms with E-state index in [0.717, 1.165) is 0 Å². The molecule has 0 saturated heterocycles. The lowest BCUT2D eigenvalue weighted by Crippen LogP contribution is -2.09. The van der Waals surface area contributed by atoms with Crippen LogP contribution in [0.15, 0.2) is 18.2 Å². The molecular formula is C11H14O4. The molecule has 1 atom stereocenters. The van der Waals surface area contributed by atoms with Gasteiger partial charge in [-0.25, -0.2) is 0 Å². The van der Waals surface area contributed by atoms with Gasteiger partial charge >= 0.3 is 5.97 Å². The molecule has 15 heavy (non-hydrogen) atoms. The average Bonchev–Trinajstić information content (AvgIpc) is 2.27. The van der Waals surface area contributed by atoms with Crippen molar-refractivity contribution in [2.75, 3.05) is 14.2 Å². The van der Waals surface area contributed by atoms with Crippen molar-refractivity contribution in [3.63, 3.8) is 0 Å². The standard InChI is InChI=1S/C11H14O4/c1-7(11(12)13)9-6-8(14-2)4-5-10(9)15-3/h4-7H,1-3H3,(H,12,13). The highest BCUT2D eigenvalue weighted by molar-refractivity contribution is 5.77. The van der Waals surface area contributed by atoms with Crippen LogP contribution in [0.25, 0.3) is 0 Å². The second kappa shape index (κ2) is 4.68. The first kappa shape index (κ1) is 11.4. The summed E-state index contributed by atoms with van der Waals surface area (Å²) >= 11 is 0. The van der Waals surface area contributed by atoms with Gasteiger partial charge in [-0.3, -0.25) is 4.79 Å². The van der Waals surface area contributed by atoms with E-state index in [2.05, 4.69) is 0 Å². The van der Waals surface area contributed by atoms with Crippen molar-refractivity contribution in [2.24, 2.45) is 0 Å². The van der Waals surface area contributed by atoms with Gasteiger partial charge in [0.15, 0.2) is 0 Å². The van der Waals surface area contributed by atoms with Crippen molar-refractivity contribution in [3.05, 3.63) is 23.8 Å². The summed E-state index contributed by atoms with van der Waals surface area (Å²) in [6.45, 7) is 1.61. The predicted molar refractivity (Wildman–Crippen MR) is 55.6 cm³/mol. The predicted octanol–water partition coefficient (Wildman–Crippen LogP) is 1.89. The van der Waals surface area contributed by atoms with Crippen LogP contribution in [0.2, 0.25) is 0 Å². The van der Waals surface area contributed by atoms with Gasteiger partial charge in [0.25, 0.3) is 0 Å². The van der Waals surface area contributed by atoms with E-state index in [9.17, 15) is 4.79 Å². The van der Waals surface area contributed by atoms with Gasteiger partial charge in [-0.2, -0.15) is 0 Å². The number of hydrogen-bond acceptors (Lipinski definition) is 3. The summed E-state index contributed by atoms with van der Waals surface area (Å²) in [5.41, 5.74) is 0.615. The Morgan fingerprint density at radius 1 is 1.33 bits per heavy atom. The number of methoxy groups -OCH3 is 2. The van der Waals surface area contributed by atoms with Crippen molar-refractivity contribution in [3.8, 4) is 11.5 Å². The minimum Gasteiger partial charge on any atom is -0.497 e. The maximum absolute atomic E-state index is 10.9. The molecule has 0 aliphatic heterocycles. The number of hydrogen-bond donors (Lipinski definition) is 1. The molecule has 1 aromatic carbocycles. The molecule has 0 aliphatic rings. The number of carboxylic acids is 1. The zero-order valence-electron chi connectivity index (χ0n) is 8.98. The third-order valence-corrected chi connectivity index (χ3v) is 2.27. The highest BCUT2D eigenvalue weighted by atomic mass is 16.5. The number of carboxylic acid groups (broad SMARTS) is 1. The summed E-state index contributed by atoms with van der Waals surface area (Å²) in [5, 5.41) is 8.92. The summed E-state index contributed by atoms with van der Waals surface area (Å²) in [4.78, 5) is 10.9. The van der Waals surface area contributed by atoms with Gasteiger partial charge in [-0.1, -0.05) is 0 Å². The molecule has 0 aliphatic carbocycles. The summed E-state index contributed by atoms with van der Waals surface area (Å²) in [7, 11) is 3.05. The van der Waals surface area contributed by atoms with E-state index < -0.39 is 11.9 Å². The summed E-state index contributed by atoms with van der Waals surface area (Å²) < 4.78 is 10.1. The van der Waals surface area contributed by atoms with E-state index in [4.69, 9.17) is 14.6 Å². The Morgan fingerprint density at radius 3 is 2.47 bits per heavy atom. The van der Waals surface area contributed by atoms with Crippen LogP contribution in [0.4, 0.5) is 0 Å². The topological polar surface area (TPSA) is 55.8 Å². The lowest BCUT2D eigenvalue weighted by molar-refractivity contribution is -0.138. The molecule has 1 N–H and O–H groups in total. The first-order valence-corrected chi connectivity index (χ1v) is 4.55. The van der Waals surface area contributed by atoms with E-state index in [1.807, 2.05) is 0 Å². The van der Waals surface area contributed by atoms with Crippen molar-refractivity contribution < 1.29 is 19.4 Å². The Hall–Kier alpha value is -1.71. The fourth-order valence-corrected chi connectivity index (χ4v) is 1.31. The van der Waals surface area contributed by atoms with Gasteiger partial charge in [-0.15, -0.1) is 0 Å². The van der Waals surface area contributed by atoms with Gasteiger partial charge < -0.3 is 14.6 Å². The minimum atomic E-state index is -0.887. The van der Waals surface area contributed by atoms with E-state index in [1.54, 1.807) is 25.1 Å². The molecule has 4 heteroatoms. The van der Waals surface area contributed by atoms with E-state index in [1.165, 1.54) is 14.2 Å². The molecule has 1 aromatic rings. The SMILES string of the molecule is COc1ccc(OC)c(C(C)C(=O)O)c1. The van der Waals surface area contributed by atoms with E-state index >= 15 is 0 Å². The summed E-state index contributed by atoms with van der Waals surface area (Å²) in [5.74, 6) is -0.318. The molecule has 0 bridgehead atoms. The van der Waals surface area contributed by atoms with Crippen molar-refractivity contribution in [1.82, 2.24) is 0 Å². The van der Waals surface area contributed by atoms with Gasteiger partial charge in [0.05, 0.1) is 20.1 Å². The van der Waals surface area contributed by atoms with Gasteiger partial charge in [0.1, 0.15) is 11.5 Å². The molecule has 0 fully saturated rings. The second-order valence-corrected chi connectivity index (χ2v) is 3.17. The number of ether oxygens (including phenoxy) is 2. The van der Waals surface area contributed by atoms with Gasteiger partial charge in [0, 0.05) is 5.56 Å². The number of rotatable bonds is 4. The largest absolute Gasteiger partial charge is 0.497 e. The van der Waals surface area contributed by atoms with Crippen LogP contribution in [-0.2, 0) is 4.79 Å². The lowest BCUT2D eigenvalue weighted by atomic mass is 10.00. The maximum Gasteiger partial charge on any atom is 0.310 e. The normalized spacial score (nSPS) is 11.9. The van der Waals surface area contributed by atoms with Crippen LogP contribution in [0.5, 0.6) is 11.5 Å². The number of benzene rings is 1.